The average molecular weight is 275 g/mol. The molecule has 2 aromatic carbocycles. The minimum absolute atomic E-state index is 0.319. The normalized spacial score (nSPS) is 10.9. The first-order valence-electron chi connectivity index (χ1n) is 5.96. The summed E-state index contributed by atoms with van der Waals surface area (Å²) in [5, 5.41) is 3.05. The maximum absolute atomic E-state index is 12.6. The van der Waals surface area contributed by atoms with Crippen LogP contribution in [0.4, 0.5) is 18.9 Å². The van der Waals surface area contributed by atoms with E-state index in [-0.39, 0.29) is 0 Å². The summed E-state index contributed by atoms with van der Waals surface area (Å²) >= 11 is 0. The number of anilines is 1. The molecule has 2 aromatic rings. The summed E-state index contributed by atoms with van der Waals surface area (Å²) in [4.78, 5) is 0. The number of rotatable bonds is 3. The Balaban J connectivity index is 2.05. The fourth-order valence-corrected chi connectivity index (χ4v) is 1.75. The van der Waals surface area contributed by atoms with E-state index in [1.54, 1.807) is 30.3 Å². The van der Waals surface area contributed by atoms with Crippen LogP contribution in [0.25, 0.3) is 0 Å². The molecule has 0 aliphatic heterocycles. The van der Waals surface area contributed by atoms with E-state index < -0.39 is 11.7 Å². The molecule has 2 rings (SSSR count). The SMILES string of the molecule is C#Cc1ccc(NCc2cccc(C(F)(F)F)c2)cc1. The maximum Gasteiger partial charge on any atom is 0.416 e. The van der Waals surface area contributed by atoms with Crippen molar-refractivity contribution in [3.8, 4) is 12.3 Å². The van der Waals surface area contributed by atoms with E-state index in [9.17, 15) is 13.2 Å². The fourth-order valence-electron chi connectivity index (χ4n) is 1.75. The average Bonchev–Trinajstić information content (AvgIpc) is 2.45. The van der Waals surface area contributed by atoms with Gasteiger partial charge in [-0.1, -0.05) is 18.1 Å². The van der Waals surface area contributed by atoms with Gasteiger partial charge in [-0.05, 0) is 42.0 Å². The zero-order valence-electron chi connectivity index (χ0n) is 10.5. The minimum atomic E-state index is -4.32. The van der Waals surface area contributed by atoms with Crippen molar-refractivity contribution in [1.29, 1.82) is 0 Å². The van der Waals surface area contributed by atoms with Gasteiger partial charge < -0.3 is 5.32 Å². The zero-order chi connectivity index (χ0) is 14.6. The zero-order valence-corrected chi connectivity index (χ0v) is 10.5. The van der Waals surface area contributed by atoms with Crippen LogP contribution in [0.5, 0.6) is 0 Å². The molecule has 0 atom stereocenters. The molecule has 0 spiro atoms. The van der Waals surface area contributed by atoms with Gasteiger partial charge in [-0.15, -0.1) is 6.42 Å². The van der Waals surface area contributed by atoms with Crippen molar-refractivity contribution in [3.63, 3.8) is 0 Å². The highest BCUT2D eigenvalue weighted by atomic mass is 19.4. The first-order chi connectivity index (χ1) is 9.49. The molecule has 0 aliphatic carbocycles. The van der Waals surface area contributed by atoms with Crippen LogP contribution in [0.15, 0.2) is 48.5 Å². The van der Waals surface area contributed by atoms with E-state index in [4.69, 9.17) is 6.42 Å². The van der Waals surface area contributed by atoms with E-state index in [0.717, 1.165) is 23.4 Å². The van der Waals surface area contributed by atoms with Crippen LogP contribution in [0.1, 0.15) is 16.7 Å². The summed E-state index contributed by atoms with van der Waals surface area (Å²) in [7, 11) is 0. The molecule has 0 amide bonds. The van der Waals surface area contributed by atoms with Gasteiger partial charge in [0.25, 0.3) is 0 Å². The number of hydrogen-bond acceptors (Lipinski definition) is 1. The third-order valence-electron chi connectivity index (χ3n) is 2.80. The molecule has 1 nitrogen and oxygen atoms in total. The molecule has 0 saturated heterocycles. The first kappa shape index (κ1) is 14.0. The molecule has 0 unspecified atom stereocenters. The number of halogens is 3. The molecule has 0 saturated carbocycles. The minimum Gasteiger partial charge on any atom is -0.381 e. The molecular formula is C16H12F3N. The molecular weight excluding hydrogens is 263 g/mol. The van der Waals surface area contributed by atoms with Crippen LogP contribution >= 0.6 is 0 Å². The van der Waals surface area contributed by atoms with E-state index in [2.05, 4.69) is 11.2 Å². The van der Waals surface area contributed by atoms with E-state index in [1.165, 1.54) is 6.07 Å². The molecule has 0 fully saturated rings. The lowest BCUT2D eigenvalue weighted by Gasteiger charge is -2.10. The van der Waals surface area contributed by atoms with Gasteiger partial charge in [0.05, 0.1) is 5.56 Å². The summed E-state index contributed by atoms with van der Waals surface area (Å²) < 4.78 is 37.7. The Hall–Kier alpha value is -2.41. The van der Waals surface area contributed by atoms with Crippen LogP contribution in [-0.4, -0.2) is 0 Å². The van der Waals surface area contributed by atoms with Gasteiger partial charge in [0.15, 0.2) is 0 Å². The standard InChI is InChI=1S/C16H12F3N/c1-2-12-6-8-15(9-7-12)20-11-13-4-3-5-14(10-13)16(17,18)19/h1,3-10,20H,11H2. The number of hydrogen-bond donors (Lipinski definition) is 1. The van der Waals surface area contributed by atoms with Crippen molar-refractivity contribution < 1.29 is 13.2 Å². The second-order valence-corrected chi connectivity index (χ2v) is 4.27. The van der Waals surface area contributed by atoms with Gasteiger partial charge in [-0.25, -0.2) is 0 Å². The summed E-state index contributed by atoms with van der Waals surface area (Å²) in [5.41, 5.74) is 1.50. The maximum atomic E-state index is 12.6. The van der Waals surface area contributed by atoms with Crippen molar-refractivity contribution in [2.75, 3.05) is 5.32 Å². The molecule has 102 valence electrons. The molecule has 0 aromatic heterocycles. The number of nitrogens with one attached hydrogen (secondary N) is 1. The van der Waals surface area contributed by atoms with Gasteiger partial charge in [-0.3, -0.25) is 0 Å². The van der Waals surface area contributed by atoms with E-state index in [0.29, 0.717) is 12.1 Å². The largest absolute Gasteiger partial charge is 0.416 e. The Morgan fingerprint density at radius 1 is 1.05 bits per heavy atom. The molecule has 20 heavy (non-hydrogen) atoms. The topological polar surface area (TPSA) is 12.0 Å². The van der Waals surface area contributed by atoms with Crippen LogP contribution in [-0.2, 0) is 12.7 Å². The molecule has 0 radical (unpaired) electrons. The highest BCUT2D eigenvalue weighted by Gasteiger charge is 2.30. The molecule has 0 bridgehead atoms. The smallest absolute Gasteiger partial charge is 0.381 e. The second-order valence-electron chi connectivity index (χ2n) is 4.27. The van der Waals surface area contributed by atoms with Crippen LogP contribution in [0.3, 0.4) is 0 Å². The Labute approximate surface area is 115 Å². The quantitative estimate of drug-likeness (QED) is 0.823. The van der Waals surface area contributed by atoms with Gasteiger partial charge >= 0.3 is 6.18 Å². The van der Waals surface area contributed by atoms with Crippen LogP contribution in [0, 0.1) is 12.3 Å². The van der Waals surface area contributed by atoms with Gasteiger partial charge in [-0.2, -0.15) is 13.2 Å². The highest BCUT2D eigenvalue weighted by Crippen LogP contribution is 2.29. The summed E-state index contributed by atoms with van der Waals surface area (Å²) in [6.45, 7) is 0.319. The van der Waals surface area contributed by atoms with Crippen molar-refractivity contribution in [2.45, 2.75) is 12.7 Å². The lowest BCUT2D eigenvalue weighted by Crippen LogP contribution is -2.06. The number of terminal acetylenes is 1. The summed E-state index contributed by atoms with van der Waals surface area (Å²) in [5.74, 6) is 2.50. The predicted molar refractivity (Wildman–Crippen MR) is 73.1 cm³/mol. The Kier molecular flexibility index (Phi) is 3.99. The Morgan fingerprint density at radius 3 is 2.35 bits per heavy atom. The van der Waals surface area contributed by atoms with Gasteiger partial charge in [0, 0.05) is 17.8 Å². The predicted octanol–water partition coefficient (Wildman–Crippen LogP) is 4.30. The van der Waals surface area contributed by atoms with Crippen LogP contribution in [0.2, 0.25) is 0 Å². The van der Waals surface area contributed by atoms with Crippen molar-refractivity contribution in [1.82, 2.24) is 0 Å². The highest BCUT2D eigenvalue weighted by molar-refractivity contribution is 5.48. The molecule has 4 heteroatoms. The van der Waals surface area contributed by atoms with Crippen LogP contribution < -0.4 is 5.32 Å². The van der Waals surface area contributed by atoms with E-state index in [1.807, 2.05) is 0 Å². The van der Waals surface area contributed by atoms with Gasteiger partial charge in [0.1, 0.15) is 0 Å². The van der Waals surface area contributed by atoms with Crippen molar-refractivity contribution in [2.24, 2.45) is 0 Å². The third kappa shape index (κ3) is 3.55. The summed E-state index contributed by atoms with van der Waals surface area (Å²) in [6.07, 6.45) is 0.930. The summed E-state index contributed by atoms with van der Waals surface area (Å²) in [6, 6.07) is 12.4. The van der Waals surface area contributed by atoms with Gasteiger partial charge in [0.2, 0.25) is 0 Å². The van der Waals surface area contributed by atoms with E-state index >= 15 is 0 Å². The van der Waals surface area contributed by atoms with Crippen molar-refractivity contribution >= 4 is 5.69 Å². The fraction of sp³-hybridized carbons (Fsp3) is 0.125. The molecule has 0 heterocycles. The molecule has 1 N–H and O–H groups in total. The number of alkyl halides is 3. The van der Waals surface area contributed by atoms with Crippen molar-refractivity contribution in [3.05, 3.63) is 65.2 Å². The Bertz CT molecular complexity index is 621. The monoisotopic (exact) mass is 275 g/mol. The lowest BCUT2D eigenvalue weighted by atomic mass is 10.1. The Morgan fingerprint density at radius 2 is 1.75 bits per heavy atom. The third-order valence-corrected chi connectivity index (χ3v) is 2.80. The number of benzene rings is 2. The second kappa shape index (κ2) is 5.70. The lowest BCUT2D eigenvalue weighted by molar-refractivity contribution is -0.137. The first-order valence-corrected chi connectivity index (χ1v) is 5.96. The molecule has 0 aliphatic rings.